The number of furan rings is 1. The zero-order chi connectivity index (χ0) is 18.6. The molecule has 0 radical (unpaired) electrons. The minimum absolute atomic E-state index is 0.0800. The molecule has 1 fully saturated rings. The molecule has 1 aliphatic heterocycles. The van der Waals surface area contributed by atoms with Crippen molar-refractivity contribution in [2.75, 3.05) is 37.6 Å². The van der Waals surface area contributed by atoms with Gasteiger partial charge in [-0.15, -0.1) is 0 Å². The molecule has 3 rings (SSSR count). The molecular weight excluding hydrogens is 326 g/mol. The molecular formula is C21H30N3O2+. The van der Waals surface area contributed by atoms with Crippen LogP contribution in [0.5, 0.6) is 0 Å². The van der Waals surface area contributed by atoms with Crippen molar-refractivity contribution in [2.24, 2.45) is 5.41 Å². The van der Waals surface area contributed by atoms with Crippen molar-refractivity contribution in [3.63, 3.8) is 0 Å². The molecule has 1 saturated heterocycles. The second-order valence-corrected chi connectivity index (χ2v) is 8.01. The van der Waals surface area contributed by atoms with Gasteiger partial charge >= 0.3 is 0 Å². The number of carbonyl (C=O) groups excluding carboxylic acids is 1. The highest BCUT2D eigenvalue weighted by molar-refractivity contribution is 5.81. The minimum Gasteiger partial charge on any atom is -0.463 e. The first-order valence-corrected chi connectivity index (χ1v) is 9.41. The van der Waals surface area contributed by atoms with Gasteiger partial charge < -0.3 is 19.5 Å². The van der Waals surface area contributed by atoms with Gasteiger partial charge in [-0.25, -0.2) is 0 Å². The van der Waals surface area contributed by atoms with Gasteiger partial charge in [-0.2, -0.15) is 0 Å². The van der Waals surface area contributed by atoms with E-state index in [9.17, 15) is 4.79 Å². The Morgan fingerprint density at radius 2 is 1.85 bits per heavy atom. The van der Waals surface area contributed by atoms with E-state index in [1.807, 2.05) is 32.9 Å². The number of hydrogen-bond acceptors (Lipinski definition) is 3. The van der Waals surface area contributed by atoms with Crippen LogP contribution < -0.4 is 15.1 Å². The number of para-hydroxylation sites is 1. The monoisotopic (exact) mass is 356 g/mol. The Balaban J connectivity index is 1.64. The van der Waals surface area contributed by atoms with Gasteiger partial charge in [0.05, 0.1) is 39.0 Å². The molecule has 26 heavy (non-hydrogen) atoms. The molecule has 0 unspecified atom stereocenters. The Kier molecular flexibility index (Phi) is 5.67. The van der Waals surface area contributed by atoms with Crippen molar-refractivity contribution in [3.8, 4) is 0 Å². The first-order chi connectivity index (χ1) is 12.4. The van der Waals surface area contributed by atoms with E-state index >= 15 is 0 Å². The van der Waals surface area contributed by atoms with E-state index in [0.717, 1.165) is 31.9 Å². The number of amides is 1. The van der Waals surface area contributed by atoms with E-state index < -0.39 is 0 Å². The third-order valence-electron chi connectivity index (χ3n) is 5.05. The molecule has 2 heterocycles. The predicted molar refractivity (Wildman–Crippen MR) is 103 cm³/mol. The Labute approximate surface area is 156 Å². The fourth-order valence-electron chi connectivity index (χ4n) is 3.43. The Morgan fingerprint density at radius 1 is 1.15 bits per heavy atom. The Bertz CT molecular complexity index is 684. The van der Waals surface area contributed by atoms with Gasteiger partial charge in [-0.3, -0.25) is 4.79 Å². The van der Waals surface area contributed by atoms with Crippen molar-refractivity contribution in [2.45, 2.75) is 26.8 Å². The third kappa shape index (κ3) is 4.47. The van der Waals surface area contributed by atoms with Crippen LogP contribution in [0.2, 0.25) is 0 Å². The van der Waals surface area contributed by atoms with Gasteiger partial charge in [0.25, 0.3) is 0 Å². The number of benzene rings is 1. The lowest BCUT2D eigenvalue weighted by Crippen LogP contribution is -3.15. The zero-order valence-corrected chi connectivity index (χ0v) is 16.0. The van der Waals surface area contributed by atoms with E-state index in [-0.39, 0.29) is 17.4 Å². The van der Waals surface area contributed by atoms with Crippen LogP contribution >= 0.6 is 0 Å². The van der Waals surface area contributed by atoms with E-state index in [4.69, 9.17) is 4.42 Å². The molecule has 1 amide bonds. The summed E-state index contributed by atoms with van der Waals surface area (Å²) in [5.74, 6) is 1.03. The smallest absolute Gasteiger partial charge is 0.225 e. The highest BCUT2D eigenvalue weighted by Gasteiger charge is 2.32. The summed E-state index contributed by atoms with van der Waals surface area (Å²) in [6.07, 6.45) is 1.72. The lowest BCUT2D eigenvalue weighted by molar-refractivity contribution is -0.932. The average Bonchev–Trinajstić information content (AvgIpc) is 3.16. The first-order valence-electron chi connectivity index (χ1n) is 9.41. The normalized spacial score (nSPS) is 17.1. The fraction of sp³-hybridized carbons (Fsp3) is 0.476. The average molecular weight is 356 g/mol. The van der Waals surface area contributed by atoms with Crippen LogP contribution in [0.15, 0.2) is 53.1 Å². The molecule has 1 atom stereocenters. The molecule has 2 aromatic rings. The molecule has 0 spiro atoms. The summed E-state index contributed by atoms with van der Waals surface area (Å²) in [7, 11) is 0. The molecule has 0 bridgehead atoms. The summed E-state index contributed by atoms with van der Waals surface area (Å²) in [6.45, 7) is 10.5. The second-order valence-electron chi connectivity index (χ2n) is 8.01. The fourth-order valence-corrected chi connectivity index (χ4v) is 3.43. The summed E-state index contributed by atoms with van der Waals surface area (Å²) in [5.41, 5.74) is 0.900. The number of hydrogen-bond donors (Lipinski definition) is 2. The van der Waals surface area contributed by atoms with Gasteiger partial charge in [-0.1, -0.05) is 39.0 Å². The highest BCUT2D eigenvalue weighted by Crippen LogP contribution is 2.16. The summed E-state index contributed by atoms with van der Waals surface area (Å²) in [5, 5.41) is 3.12. The summed E-state index contributed by atoms with van der Waals surface area (Å²) in [4.78, 5) is 16.2. The van der Waals surface area contributed by atoms with Gasteiger partial charge in [0.2, 0.25) is 5.91 Å². The molecule has 1 aromatic heterocycles. The molecule has 1 aliphatic rings. The van der Waals surface area contributed by atoms with Crippen LogP contribution in [-0.2, 0) is 4.79 Å². The van der Waals surface area contributed by atoms with Crippen LogP contribution in [0.1, 0.15) is 32.6 Å². The SMILES string of the molecule is CC(C)(C)C(=O)NC[C@H](c1ccco1)[NH+]1CCN(c2ccccc2)CC1. The second kappa shape index (κ2) is 7.96. The van der Waals surface area contributed by atoms with Crippen molar-refractivity contribution < 1.29 is 14.1 Å². The number of piperazine rings is 1. The molecule has 5 heteroatoms. The van der Waals surface area contributed by atoms with Gasteiger partial charge in [-0.05, 0) is 24.3 Å². The van der Waals surface area contributed by atoms with Crippen LogP contribution in [-0.4, -0.2) is 38.6 Å². The quantitative estimate of drug-likeness (QED) is 0.860. The molecule has 0 aliphatic carbocycles. The largest absolute Gasteiger partial charge is 0.463 e. The third-order valence-corrected chi connectivity index (χ3v) is 5.05. The maximum absolute atomic E-state index is 12.3. The van der Waals surface area contributed by atoms with E-state index in [2.05, 4.69) is 40.5 Å². The topological polar surface area (TPSA) is 49.9 Å². The van der Waals surface area contributed by atoms with E-state index in [1.54, 1.807) is 6.26 Å². The summed E-state index contributed by atoms with van der Waals surface area (Å²) >= 11 is 0. The van der Waals surface area contributed by atoms with E-state index in [0.29, 0.717) is 6.54 Å². The van der Waals surface area contributed by atoms with Gasteiger partial charge in [0.1, 0.15) is 0 Å². The standard InChI is InChI=1S/C21H29N3O2/c1-21(2,3)20(25)22-16-18(19-10-7-15-26-19)24-13-11-23(12-14-24)17-8-5-4-6-9-17/h4-10,15,18H,11-14,16H2,1-3H3,(H,22,25)/p+1/t18-/m1/s1. The number of anilines is 1. The summed E-state index contributed by atoms with van der Waals surface area (Å²) in [6, 6.07) is 14.6. The maximum atomic E-state index is 12.3. The first kappa shape index (κ1) is 18.5. The molecule has 5 nitrogen and oxygen atoms in total. The Hall–Kier alpha value is -2.27. The Morgan fingerprint density at radius 3 is 2.42 bits per heavy atom. The number of quaternary nitrogens is 1. The number of rotatable bonds is 5. The van der Waals surface area contributed by atoms with Crippen LogP contribution in [0.3, 0.4) is 0 Å². The molecule has 140 valence electrons. The molecule has 2 N–H and O–H groups in total. The summed E-state index contributed by atoms with van der Waals surface area (Å²) < 4.78 is 5.69. The van der Waals surface area contributed by atoms with Gasteiger partial charge in [0, 0.05) is 11.1 Å². The van der Waals surface area contributed by atoms with E-state index in [1.165, 1.54) is 10.6 Å². The lowest BCUT2D eigenvalue weighted by atomic mass is 9.95. The van der Waals surface area contributed by atoms with Crippen molar-refractivity contribution in [1.29, 1.82) is 0 Å². The van der Waals surface area contributed by atoms with Crippen molar-refractivity contribution in [1.82, 2.24) is 5.32 Å². The predicted octanol–water partition coefficient (Wildman–Crippen LogP) is 1.89. The highest BCUT2D eigenvalue weighted by atomic mass is 16.3. The number of nitrogens with one attached hydrogen (secondary N) is 2. The number of nitrogens with zero attached hydrogens (tertiary/aromatic N) is 1. The molecule has 1 aromatic carbocycles. The zero-order valence-electron chi connectivity index (χ0n) is 16.0. The minimum atomic E-state index is -0.380. The molecule has 0 saturated carbocycles. The van der Waals surface area contributed by atoms with Crippen molar-refractivity contribution >= 4 is 11.6 Å². The van der Waals surface area contributed by atoms with Crippen molar-refractivity contribution in [3.05, 3.63) is 54.5 Å². The maximum Gasteiger partial charge on any atom is 0.225 e. The van der Waals surface area contributed by atoms with Crippen LogP contribution in [0, 0.1) is 5.41 Å². The lowest BCUT2D eigenvalue weighted by Gasteiger charge is -2.37. The van der Waals surface area contributed by atoms with Gasteiger partial charge in [0.15, 0.2) is 11.8 Å². The number of carbonyl (C=O) groups is 1. The van der Waals surface area contributed by atoms with Crippen LogP contribution in [0.25, 0.3) is 0 Å². The van der Waals surface area contributed by atoms with Crippen LogP contribution in [0.4, 0.5) is 5.69 Å².